The lowest BCUT2D eigenvalue weighted by Gasteiger charge is -2.57. The summed E-state index contributed by atoms with van der Waals surface area (Å²) < 4.78 is 10.5. The summed E-state index contributed by atoms with van der Waals surface area (Å²) >= 11 is 0. The topological polar surface area (TPSA) is 71.1 Å². The molecule has 2 fully saturated rings. The van der Waals surface area contributed by atoms with E-state index in [4.69, 9.17) is 19.2 Å². The van der Waals surface area contributed by atoms with Gasteiger partial charge in [0, 0.05) is 25.7 Å². The molecule has 0 unspecified atom stereocenters. The third-order valence-electron chi connectivity index (χ3n) is 3.66. The van der Waals surface area contributed by atoms with E-state index >= 15 is 0 Å². The van der Waals surface area contributed by atoms with E-state index < -0.39 is 12.2 Å². The molecule has 2 heterocycles. The molecule has 0 radical (unpaired) electrons. The Morgan fingerprint density at radius 2 is 1.28 bits per heavy atom. The molecule has 6 heteroatoms. The van der Waals surface area contributed by atoms with Gasteiger partial charge in [-0.25, -0.2) is 9.78 Å². The van der Waals surface area contributed by atoms with Gasteiger partial charge < -0.3 is 9.47 Å². The molecule has 0 N–H and O–H groups in total. The molecule has 18 heavy (non-hydrogen) atoms. The highest BCUT2D eigenvalue weighted by molar-refractivity contribution is 5.68. The molecule has 0 aromatic heterocycles. The molecule has 1 saturated heterocycles. The van der Waals surface area contributed by atoms with Crippen LogP contribution in [0.3, 0.4) is 0 Å². The number of ether oxygens (including phenoxy) is 2. The van der Waals surface area contributed by atoms with Crippen LogP contribution in [-0.4, -0.2) is 36.4 Å². The fourth-order valence-electron chi connectivity index (χ4n) is 3.01. The first-order valence-corrected chi connectivity index (χ1v) is 5.93. The van der Waals surface area contributed by atoms with Crippen molar-refractivity contribution in [3.8, 4) is 0 Å². The normalized spacial score (nSPS) is 43.9. The maximum absolute atomic E-state index is 11.1. The number of rotatable bonds is 2. The van der Waals surface area contributed by atoms with E-state index in [0.717, 1.165) is 0 Å². The van der Waals surface area contributed by atoms with Gasteiger partial charge in [0.1, 0.15) is 24.4 Å². The molecule has 0 amide bonds. The van der Waals surface area contributed by atoms with Crippen LogP contribution in [0, 0.1) is 11.8 Å². The van der Waals surface area contributed by atoms with E-state index in [0.29, 0.717) is 0 Å². The summed E-state index contributed by atoms with van der Waals surface area (Å²) in [6.45, 7) is 2.68. The van der Waals surface area contributed by atoms with Crippen molar-refractivity contribution in [3.05, 3.63) is 12.2 Å². The highest BCUT2D eigenvalue weighted by atomic mass is 17.2. The maximum atomic E-state index is 11.1. The Bertz CT molecular complexity index is 379. The van der Waals surface area contributed by atoms with Crippen molar-refractivity contribution in [2.45, 2.75) is 38.3 Å². The first-order valence-electron chi connectivity index (χ1n) is 5.93. The molecule has 4 aliphatic rings. The van der Waals surface area contributed by atoms with Crippen molar-refractivity contribution in [2.75, 3.05) is 0 Å². The molecule has 2 bridgehead atoms. The van der Waals surface area contributed by atoms with E-state index in [1.807, 2.05) is 12.2 Å². The second-order valence-corrected chi connectivity index (χ2v) is 4.81. The van der Waals surface area contributed by atoms with E-state index in [-0.39, 0.29) is 36.0 Å². The average molecular weight is 254 g/mol. The van der Waals surface area contributed by atoms with Crippen molar-refractivity contribution in [3.63, 3.8) is 0 Å². The standard InChI is InChI=1S/C12H14O6/c1-5(13)15-11-9-7-3-4-8(18-17-7)10(9)12(11)16-6(2)14/h3-4,7-12H,1-2H3/t7-,8+,9+,10-,11-,12-/m0/s1. The van der Waals surface area contributed by atoms with Crippen LogP contribution >= 0.6 is 0 Å². The van der Waals surface area contributed by atoms with Gasteiger partial charge in [0.05, 0.1) is 0 Å². The molecule has 1 saturated carbocycles. The summed E-state index contributed by atoms with van der Waals surface area (Å²) in [5, 5.41) is 0. The molecule has 6 atom stereocenters. The quantitative estimate of drug-likeness (QED) is 0.402. The molecule has 2 aliphatic heterocycles. The minimum absolute atomic E-state index is 0.00185. The van der Waals surface area contributed by atoms with Crippen LogP contribution in [-0.2, 0) is 28.8 Å². The highest BCUT2D eigenvalue weighted by Gasteiger charge is 2.64. The highest BCUT2D eigenvalue weighted by Crippen LogP contribution is 2.51. The predicted molar refractivity (Wildman–Crippen MR) is 57.0 cm³/mol. The van der Waals surface area contributed by atoms with Crippen LogP contribution in [0.5, 0.6) is 0 Å². The second-order valence-electron chi connectivity index (χ2n) is 4.81. The van der Waals surface area contributed by atoms with E-state index in [1.54, 1.807) is 0 Å². The fourth-order valence-corrected chi connectivity index (χ4v) is 3.01. The molecular formula is C12H14O6. The molecule has 0 aromatic rings. The first-order chi connectivity index (χ1) is 8.58. The van der Waals surface area contributed by atoms with Gasteiger partial charge in [-0.05, 0) is 0 Å². The van der Waals surface area contributed by atoms with Gasteiger partial charge in [-0.1, -0.05) is 12.2 Å². The third kappa shape index (κ3) is 1.64. The first kappa shape index (κ1) is 11.7. The van der Waals surface area contributed by atoms with Gasteiger partial charge >= 0.3 is 11.9 Å². The van der Waals surface area contributed by atoms with Gasteiger partial charge in [-0.3, -0.25) is 9.59 Å². The van der Waals surface area contributed by atoms with Gasteiger partial charge in [0.15, 0.2) is 0 Å². The Morgan fingerprint density at radius 3 is 1.56 bits per heavy atom. The van der Waals surface area contributed by atoms with Crippen molar-refractivity contribution in [1.29, 1.82) is 0 Å². The summed E-state index contributed by atoms with van der Waals surface area (Å²) in [7, 11) is 0. The van der Waals surface area contributed by atoms with Crippen LogP contribution in [0.15, 0.2) is 12.2 Å². The zero-order valence-corrected chi connectivity index (χ0v) is 10.1. The summed E-state index contributed by atoms with van der Waals surface area (Å²) in [6.07, 6.45) is 2.42. The van der Waals surface area contributed by atoms with Crippen LogP contribution in [0.1, 0.15) is 13.8 Å². The Morgan fingerprint density at radius 1 is 0.889 bits per heavy atom. The summed E-state index contributed by atoms with van der Waals surface area (Å²) in [6, 6.07) is 0. The minimum Gasteiger partial charge on any atom is -0.458 e. The zero-order chi connectivity index (χ0) is 12.9. The van der Waals surface area contributed by atoms with Crippen LogP contribution in [0.4, 0.5) is 0 Å². The monoisotopic (exact) mass is 254 g/mol. The Hall–Kier alpha value is -1.40. The lowest BCUT2D eigenvalue weighted by atomic mass is 9.60. The van der Waals surface area contributed by atoms with Gasteiger partial charge in [-0.15, -0.1) is 0 Å². The van der Waals surface area contributed by atoms with Crippen molar-refractivity contribution < 1.29 is 28.8 Å². The molecule has 4 rings (SSSR count). The Balaban J connectivity index is 1.81. The zero-order valence-electron chi connectivity index (χ0n) is 10.1. The molecule has 98 valence electrons. The minimum atomic E-state index is -0.447. The van der Waals surface area contributed by atoms with E-state index in [9.17, 15) is 9.59 Å². The van der Waals surface area contributed by atoms with Gasteiger partial charge in [0.25, 0.3) is 0 Å². The van der Waals surface area contributed by atoms with Crippen molar-refractivity contribution >= 4 is 11.9 Å². The molecule has 2 aliphatic carbocycles. The summed E-state index contributed by atoms with van der Waals surface area (Å²) in [5.41, 5.74) is 0. The molecule has 0 aromatic carbocycles. The number of carbonyl (C=O) groups excluding carboxylic acids is 2. The lowest BCUT2D eigenvalue weighted by Crippen LogP contribution is -2.69. The molecule has 6 nitrogen and oxygen atoms in total. The number of carbonyl (C=O) groups is 2. The summed E-state index contributed by atoms with van der Waals surface area (Å²) in [5.74, 6) is -0.770. The Kier molecular flexibility index (Phi) is 2.64. The largest absolute Gasteiger partial charge is 0.458 e. The average Bonchev–Trinajstić information content (AvgIpc) is 2.33. The smallest absolute Gasteiger partial charge is 0.303 e. The lowest BCUT2D eigenvalue weighted by molar-refractivity contribution is -0.425. The molecule has 0 spiro atoms. The van der Waals surface area contributed by atoms with E-state index in [2.05, 4.69) is 0 Å². The van der Waals surface area contributed by atoms with Crippen LogP contribution < -0.4 is 0 Å². The van der Waals surface area contributed by atoms with Crippen molar-refractivity contribution in [2.24, 2.45) is 11.8 Å². The number of fused-ring (bicyclic) bond motifs is 1. The van der Waals surface area contributed by atoms with Gasteiger partial charge in [-0.2, -0.15) is 0 Å². The Labute approximate surface area is 104 Å². The third-order valence-corrected chi connectivity index (χ3v) is 3.66. The predicted octanol–water partition coefficient (Wildman–Crippen LogP) is 0.365. The number of hydrogen-bond donors (Lipinski definition) is 0. The van der Waals surface area contributed by atoms with Crippen molar-refractivity contribution in [1.82, 2.24) is 0 Å². The molecular weight excluding hydrogens is 240 g/mol. The number of hydrogen-bond acceptors (Lipinski definition) is 6. The fraction of sp³-hybridized carbons (Fsp3) is 0.667. The number of esters is 2. The van der Waals surface area contributed by atoms with Gasteiger partial charge in [0.2, 0.25) is 0 Å². The van der Waals surface area contributed by atoms with Crippen LogP contribution in [0.25, 0.3) is 0 Å². The second kappa shape index (κ2) is 4.07. The maximum Gasteiger partial charge on any atom is 0.303 e. The summed E-state index contributed by atoms with van der Waals surface area (Å²) in [4.78, 5) is 32.5. The SMILES string of the molecule is CC(=O)O[C@@H]1[C@@H](OC(C)=O)[C@H]2[C@@H]1[C@H]1C=C[C@@H]2OO1. The van der Waals surface area contributed by atoms with Crippen LogP contribution in [0.2, 0.25) is 0 Å². The van der Waals surface area contributed by atoms with E-state index in [1.165, 1.54) is 13.8 Å².